The summed E-state index contributed by atoms with van der Waals surface area (Å²) in [4.78, 5) is 51.1. The van der Waals surface area contributed by atoms with E-state index < -0.39 is 34.9 Å². The molecule has 9 nitrogen and oxygen atoms in total. The van der Waals surface area contributed by atoms with E-state index in [1.165, 1.54) is 28.7 Å². The summed E-state index contributed by atoms with van der Waals surface area (Å²) in [5.41, 5.74) is -0.120. The molecule has 0 amide bonds. The number of ketones is 1. The lowest BCUT2D eigenvalue weighted by atomic mass is 10.0. The van der Waals surface area contributed by atoms with Crippen molar-refractivity contribution < 1.29 is 28.8 Å². The minimum atomic E-state index is -0.848. The van der Waals surface area contributed by atoms with Gasteiger partial charge in [-0.1, -0.05) is 24.3 Å². The first kappa shape index (κ1) is 24.6. The number of esters is 2. The van der Waals surface area contributed by atoms with Crippen LogP contribution in [0.4, 0.5) is 5.69 Å². The molecule has 0 saturated heterocycles. The minimum Gasteiger partial charge on any atom is -0.459 e. The first-order valence-electron chi connectivity index (χ1n) is 11.4. The number of nitrogens with zero attached hydrogens (tertiary/aromatic N) is 2. The standard InChI is InChI=1S/C27H24N2O7/c1-15(2)35-26(31)21-22(27(32)36-16(3)4)24(25(30)18-9-11-19(12-10-18)29(33)34)28-14-13-17-7-5-6-8-20(17)23(21)28/h5-16H,1-4H3. The lowest BCUT2D eigenvalue weighted by Gasteiger charge is -2.12. The number of hydrogen-bond acceptors (Lipinski definition) is 7. The van der Waals surface area contributed by atoms with Crippen LogP contribution in [0.25, 0.3) is 16.3 Å². The molecule has 2 heterocycles. The van der Waals surface area contributed by atoms with E-state index in [-0.39, 0.29) is 28.1 Å². The van der Waals surface area contributed by atoms with Crippen molar-refractivity contribution in [2.45, 2.75) is 39.9 Å². The van der Waals surface area contributed by atoms with E-state index in [4.69, 9.17) is 9.47 Å². The zero-order valence-corrected chi connectivity index (χ0v) is 20.2. The summed E-state index contributed by atoms with van der Waals surface area (Å²) in [5, 5.41) is 12.5. The number of aromatic nitrogens is 1. The van der Waals surface area contributed by atoms with Gasteiger partial charge in [0.1, 0.15) is 16.8 Å². The molecule has 0 aliphatic rings. The Balaban J connectivity index is 2.09. The van der Waals surface area contributed by atoms with Crippen LogP contribution in [0.3, 0.4) is 0 Å². The van der Waals surface area contributed by atoms with Gasteiger partial charge in [-0.2, -0.15) is 0 Å². The number of carbonyl (C=O) groups excluding carboxylic acids is 3. The number of pyridine rings is 1. The molecule has 9 heteroatoms. The number of benzene rings is 2. The molecule has 0 fully saturated rings. The monoisotopic (exact) mass is 488 g/mol. The van der Waals surface area contributed by atoms with Crippen LogP contribution in [0, 0.1) is 10.1 Å². The van der Waals surface area contributed by atoms with E-state index in [1.54, 1.807) is 52.1 Å². The summed E-state index contributed by atoms with van der Waals surface area (Å²) in [6.45, 7) is 6.69. The molecule has 0 bridgehead atoms. The molecule has 2 aromatic heterocycles. The molecular formula is C27H24N2O7. The van der Waals surface area contributed by atoms with E-state index in [0.717, 1.165) is 5.39 Å². The van der Waals surface area contributed by atoms with Crippen LogP contribution in [-0.4, -0.2) is 39.3 Å². The third-order valence-electron chi connectivity index (χ3n) is 5.47. The van der Waals surface area contributed by atoms with Crippen molar-refractivity contribution in [2.75, 3.05) is 0 Å². The third kappa shape index (κ3) is 4.43. The summed E-state index contributed by atoms with van der Waals surface area (Å²) in [7, 11) is 0. The van der Waals surface area contributed by atoms with Gasteiger partial charge in [-0.3, -0.25) is 14.9 Å². The van der Waals surface area contributed by atoms with Crippen molar-refractivity contribution in [3.05, 3.63) is 93.3 Å². The minimum absolute atomic E-state index is 0.0728. The molecule has 4 aromatic rings. The maximum absolute atomic E-state index is 13.8. The number of carbonyl (C=O) groups is 3. The lowest BCUT2D eigenvalue weighted by molar-refractivity contribution is -0.384. The fourth-order valence-electron chi connectivity index (χ4n) is 4.05. The fraction of sp³-hybridized carbons (Fsp3) is 0.222. The Labute approximate surface area is 206 Å². The Morgan fingerprint density at radius 3 is 2.00 bits per heavy atom. The topological polar surface area (TPSA) is 117 Å². The van der Waals surface area contributed by atoms with E-state index in [9.17, 15) is 24.5 Å². The van der Waals surface area contributed by atoms with Crippen LogP contribution in [0.5, 0.6) is 0 Å². The Morgan fingerprint density at radius 2 is 1.42 bits per heavy atom. The smallest absolute Gasteiger partial charge is 0.341 e. The molecular weight excluding hydrogens is 464 g/mol. The molecule has 0 aliphatic carbocycles. The molecule has 0 radical (unpaired) electrons. The third-order valence-corrected chi connectivity index (χ3v) is 5.47. The Bertz CT molecular complexity index is 1510. The van der Waals surface area contributed by atoms with Crippen LogP contribution >= 0.6 is 0 Å². The number of hydrogen-bond donors (Lipinski definition) is 0. The maximum Gasteiger partial charge on any atom is 0.341 e. The number of rotatable bonds is 7. The molecule has 184 valence electrons. The van der Waals surface area contributed by atoms with E-state index in [0.29, 0.717) is 10.9 Å². The van der Waals surface area contributed by atoms with Crippen molar-refractivity contribution in [3.63, 3.8) is 0 Å². The quantitative estimate of drug-likeness (QED) is 0.149. The van der Waals surface area contributed by atoms with Crippen molar-refractivity contribution in [1.29, 1.82) is 0 Å². The van der Waals surface area contributed by atoms with Gasteiger partial charge in [0, 0.05) is 29.3 Å². The molecule has 0 spiro atoms. The van der Waals surface area contributed by atoms with E-state index >= 15 is 0 Å². The first-order chi connectivity index (χ1) is 17.1. The molecule has 0 aliphatic heterocycles. The fourth-order valence-corrected chi connectivity index (χ4v) is 4.05. The van der Waals surface area contributed by atoms with Crippen molar-refractivity contribution in [2.24, 2.45) is 0 Å². The van der Waals surface area contributed by atoms with Gasteiger partial charge in [0.2, 0.25) is 5.78 Å². The Morgan fingerprint density at radius 1 is 0.833 bits per heavy atom. The van der Waals surface area contributed by atoms with Crippen molar-refractivity contribution in [1.82, 2.24) is 4.40 Å². The largest absolute Gasteiger partial charge is 0.459 e. The summed E-state index contributed by atoms with van der Waals surface area (Å²) in [5.74, 6) is -2.22. The second-order valence-corrected chi connectivity index (χ2v) is 8.76. The number of ether oxygens (including phenoxy) is 2. The molecule has 0 unspecified atom stereocenters. The Kier molecular flexibility index (Phi) is 6.57. The van der Waals surface area contributed by atoms with Gasteiger partial charge in [-0.05, 0) is 51.3 Å². The molecule has 0 saturated carbocycles. The molecule has 0 N–H and O–H groups in total. The lowest BCUT2D eigenvalue weighted by Crippen LogP contribution is -2.20. The van der Waals surface area contributed by atoms with Gasteiger partial charge in [0.15, 0.2) is 0 Å². The number of nitro groups is 1. The van der Waals surface area contributed by atoms with Crippen LogP contribution < -0.4 is 0 Å². The SMILES string of the molecule is CC(C)OC(=O)c1c(C(=O)OC(C)C)c2c3ccccc3ccn2c1C(=O)c1ccc([N+](=O)[O-])cc1. The van der Waals surface area contributed by atoms with Crippen LogP contribution in [0.2, 0.25) is 0 Å². The number of fused-ring (bicyclic) bond motifs is 3. The van der Waals surface area contributed by atoms with Gasteiger partial charge in [-0.15, -0.1) is 0 Å². The zero-order chi connectivity index (χ0) is 26.1. The summed E-state index contributed by atoms with van der Waals surface area (Å²) in [6, 6.07) is 14.1. The second kappa shape index (κ2) is 9.61. The maximum atomic E-state index is 13.8. The highest BCUT2D eigenvalue weighted by Crippen LogP contribution is 2.33. The van der Waals surface area contributed by atoms with Gasteiger partial charge >= 0.3 is 11.9 Å². The summed E-state index contributed by atoms with van der Waals surface area (Å²) in [6.07, 6.45) is 0.605. The van der Waals surface area contributed by atoms with Crippen LogP contribution in [0.1, 0.15) is 64.5 Å². The normalized spacial score (nSPS) is 11.3. The molecule has 2 aromatic carbocycles. The van der Waals surface area contributed by atoms with Gasteiger partial charge in [0.25, 0.3) is 5.69 Å². The molecule has 36 heavy (non-hydrogen) atoms. The predicted octanol–water partition coefficient (Wildman–Crippen LogP) is 5.36. The van der Waals surface area contributed by atoms with Crippen molar-refractivity contribution >= 4 is 39.7 Å². The molecule has 4 rings (SSSR count). The predicted molar refractivity (Wildman–Crippen MR) is 133 cm³/mol. The van der Waals surface area contributed by atoms with E-state index in [1.807, 2.05) is 12.1 Å². The van der Waals surface area contributed by atoms with Crippen molar-refractivity contribution in [3.8, 4) is 0 Å². The second-order valence-electron chi connectivity index (χ2n) is 8.76. The van der Waals surface area contributed by atoms with Gasteiger partial charge in [0.05, 0.1) is 22.6 Å². The number of non-ortho nitro benzene ring substituents is 1. The van der Waals surface area contributed by atoms with Crippen LogP contribution in [0.15, 0.2) is 60.8 Å². The van der Waals surface area contributed by atoms with Gasteiger partial charge in [-0.25, -0.2) is 9.59 Å². The highest BCUT2D eigenvalue weighted by molar-refractivity contribution is 6.22. The first-order valence-corrected chi connectivity index (χ1v) is 11.4. The summed E-state index contributed by atoms with van der Waals surface area (Å²) < 4.78 is 12.4. The average Bonchev–Trinajstić information content (AvgIpc) is 3.19. The highest BCUT2D eigenvalue weighted by Gasteiger charge is 2.35. The zero-order valence-electron chi connectivity index (χ0n) is 20.2. The Hall–Kier alpha value is -4.53. The number of nitro benzene ring substituents is 1. The average molecular weight is 488 g/mol. The van der Waals surface area contributed by atoms with E-state index in [2.05, 4.69) is 0 Å². The summed E-state index contributed by atoms with van der Waals surface area (Å²) >= 11 is 0. The van der Waals surface area contributed by atoms with Crippen LogP contribution in [-0.2, 0) is 9.47 Å². The molecule has 0 atom stereocenters. The van der Waals surface area contributed by atoms with Gasteiger partial charge < -0.3 is 13.9 Å². The highest BCUT2D eigenvalue weighted by atomic mass is 16.6.